The average molecular weight is 376 g/mol. The van der Waals surface area contributed by atoms with Gasteiger partial charge in [0.2, 0.25) is 5.91 Å². The van der Waals surface area contributed by atoms with E-state index in [0.29, 0.717) is 16.5 Å². The van der Waals surface area contributed by atoms with Crippen molar-refractivity contribution in [1.29, 1.82) is 0 Å². The zero-order valence-corrected chi connectivity index (χ0v) is 15.5. The number of hydrogen-bond acceptors (Lipinski definition) is 4. The van der Waals surface area contributed by atoms with E-state index >= 15 is 0 Å². The molecule has 0 saturated heterocycles. The van der Waals surface area contributed by atoms with Gasteiger partial charge in [0.1, 0.15) is 5.75 Å². The minimum absolute atomic E-state index is 0.139. The number of aromatic nitrogens is 2. The van der Waals surface area contributed by atoms with Crippen LogP contribution in [0.25, 0.3) is 11.0 Å². The van der Waals surface area contributed by atoms with E-state index in [1.54, 1.807) is 25.3 Å². The molecule has 1 aromatic heterocycles. The zero-order chi connectivity index (χ0) is 17.8. The molecule has 0 saturated carbocycles. The molecule has 3 aromatic rings. The molecular weight excluding hydrogens is 358 g/mol. The Morgan fingerprint density at radius 1 is 1.32 bits per heavy atom. The molecule has 1 N–H and O–H groups in total. The van der Waals surface area contributed by atoms with Gasteiger partial charge >= 0.3 is 0 Å². The SMILES string of the molecule is CCn1c(SCC(=O)Nc2cc(Cl)ccc2OC)nc2ccccc21. The van der Waals surface area contributed by atoms with Crippen LogP contribution in [0.5, 0.6) is 5.75 Å². The van der Waals surface area contributed by atoms with E-state index in [-0.39, 0.29) is 11.7 Å². The molecule has 3 rings (SSSR count). The van der Waals surface area contributed by atoms with Crippen LogP contribution in [0.3, 0.4) is 0 Å². The number of carbonyl (C=O) groups is 1. The van der Waals surface area contributed by atoms with E-state index in [9.17, 15) is 4.79 Å². The summed E-state index contributed by atoms with van der Waals surface area (Å²) in [5.41, 5.74) is 2.57. The van der Waals surface area contributed by atoms with Crippen LogP contribution >= 0.6 is 23.4 Å². The molecule has 0 atom stereocenters. The van der Waals surface area contributed by atoms with Gasteiger partial charge in [0.25, 0.3) is 0 Å². The number of para-hydroxylation sites is 2. The molecule has 0 bridgehead atoms. The molecular formula is C18H18ClN3O2S. The topological polar surface area (TPSA) is 56.2 Å². The Hall–Kier alpha value is -2.18. The first-order chi connectivity index (χ1) is 12.1. The minimum Gasteiger partial charge on any atom is -0.495 e. The Bertz CT molecular complexity index is 910. The predicted molar refractivity (Wildman–Crippen MR) is 103 cm³/mol. The third kappa shape index (κ3) is 3.91. The fourth-order valence-electron chi connectivity index (χ4n) is 2.56. The van der Waals surface area contributed by atoms with Crippen molar-refractivity contribution >= 4 is 46.0 Å². The maximum Gasteiger partial charge on any atom is 0.234 e. The summed E-state index contributed by atoms with van der Waals surface area (Å²) in [6, 6.07) is 13.1. The van der Waals surface area contributed by atoms with Crippen LogP contribution < -0.4 is 10.1 Å². The molecule has 0 fully saturated rings. The molecule has 0 aliphatic heterocycles. The molecule has 130 valence electrons. The molecule has 0 radical (unpaired) electrons. The van der Waals surface area contributed by atoms with Gasteiger partial charge in [-0.25, -0.2) is 4.98 Å². The molecule has 1 heterocycles. The molecule has 1 amide bonds. The van der Waals surface area contributed by atoms with Crippen molar-refractivity contribution in [1.82, 2.24) is 9.55 Å². The lowest BCUT2D eigenvalue weighted by atomic mass is 10.3. The van der Waals surface area contributed by atoms with E-state index in [1.165, 1.54) is 11.8 Å². The summed E-state index contributed by atoms with van der Waals surface area (Å²) in [5, 5.41) is 4.21. The number of amides is 1. The number of carbonyl (C=O) groups excluding carboxylic acids is 1. The van der Waals surface area contributed by atoms with E-state index in [4.69, 9.17) is 16.3 Å². The second-order valence-corrected chi connectivity index (χ2v) is 6.69. The van der Waals surface area contributed by atoms with E-state index in [0.717, 1.165) is 22.7 Å². The van der Waals surface area contributed by atoms with Gasteiger partial charge in [-0.2, -0.15) is 0 Å². The third-order valence-corrected chi connectivity index (χ3v) is 4.92. The summed E-state index contributed by atoms with van der Waals surface area (Å²) >= 11 is 7.40. The summed E-state index contributed by atoms with van der Waals surface area (Å²) in [4.78, 5) is 16.9. The molecule has 25 heavy (non-hydrogen) atoms. The van der Waals surface area contributed by atoms with Gasteiger partial charge in [-0.05, 0) is 37.3 Å². The first kappa shape index (κ1) is 17.6. The van der Waals surface area contributed by atoms with E-state index < -0.39 is 0 Å². The highest BCUT2D eigenvalue weighted by Gasteiger charge is 2.13. The van der Waals surface area contributed by atoms with Gasteiger partial charge in [-0.15, -0.1) is 0 Å². The highest BCUT2D eigenvalue weighted by molar-refractivity contribution is 7.99. The summed E-state index contributed by atoms with van der Waals surface area (Å²) in [7, 11) is 1.55. The number of thioether (sulfide) groups is 1. The summed E-state index contributed by atoms with van der Waals surface area (Å²) < 4.78 is 7.35. The minimum atomic E-state index is -0.139. The maximum atomic E-state index is 12.3. The zero-order valence-electron chi connectivity index (χ0n) is 14.0. The Balaban J connectivity index is 1.72. The number of halogens is 1. The third-order valence-electron chi connectivity index (χ3n) is 3.70. The second kappa shape index (κ2) is 7.80. The van der Waals surface area contributed by atoms with Crippen molar-refractivity contribution in [2.24, 2.45) is 0 Å². The largest absolute Gasteiger partial charge is 0.495 e. The monoisotopic (exact) mass is 375 g/mol. The number of benzene rings is 2. The number of anilines is 1. The van der Waals surface area contributed by atoms with E-state index in [1.807, 2.05) is 24.3 Å². The van der Waals surface area contributed by atoms with Gasteiger partial charge in [-0.1, -0.05) is 35.5 Å². The number of nitrogens with one attached hydrogen (secondary N) is 1. The number of aryl methyl sites for hydroxylation is 1. The quantitative estimate of drug-likeness (QED) is 0.647. The summed E-state index contributed by atoms with van der Waals surface area (Å²) in [6.07, 6.45) is 0. The van der Waals surface area contributed by atoms with Crippen LogP contribution in [0.4, 0.5) is 5.69 Å². The Morgan fingerprint density at radius 3 is 2.88 bits per heavy atom. The van der Waals surface area contributed by atoms with Crippen molar-refractivity contribution < 1.29 is 9.53 Å². The summed E-state index contributed by atoms with van der Waals surface area (Å²) in [5.74, 6) is 0.683. The van der Waals surface area contributed by atoms with Gasteiger partial charge in [0.15, 0.2) is 5.16 Å². The van der Waals surface area contributed by atoms with Crippen molar-refractivity contribution in [3.63, 3.8) is 0 Å². The van der Waals surface area contributed by atoms with Gasteiger partial charge in [0.05, 0.1) is 29.6 Å². The first-order valence-electron chi connectivity index (χ1n) is 7.83. The normalized spacial score (nSPS) is 10.8. The molecule has 7 heteroatoms. The van der Waals surface area contributed by atoms with Crippen molar-refractivity contribution in [3.8, 4) is 5.75 Å². The van der Waals surface area contributed by atoms with Gasteiger partial charge in [-0.3, -0.25) is 4.79 Å². The van der Waals surface area contributed by atoms with E-state index in [2.05, 4.69) is 21.8 Å². The average Bonchev–Trinajstić information content (AvgIpc) is 2.97. The van der Waals surface area contributed by atoms with Gasteiger partial charge in [0, 0.05) is 11.6 Å². The van der Waals surface area contributed by atoms with Crippen LogP contribution in [-0.2, 0) is 11.3 Å². The number of ether oxygens (including phenoxy) is 1. The lowest BCUT2D eigenvalue weighted by Gasteiger charge is -2.10. The van der Waals surface area contributed by atoms with Crippen LogP contribution in [0.15, 0.2) is 47.6 Å². The molecule has 0 spiro atoms. The van der Waals surface area contributed by atoms with Crippen LogP contribution in [0.2, 0.25) is 5.02 Å². The number of methoxy groups -OCH3 is 1. The highest BCUT2D eigenvalue weighted by Crippen LogP contribution is 2.28. The molecule has 0 aliphatic rings. The molecule has 0 unspecified atom stereocenters. The standard InChI is InChI=1S/C18H18ClN3O2S/c1-3-22-15-7-5-4-6-13(15)21-18(22)25-11-17(23)20-14-10-12(19)8-9-16(14)24-2/h4-10H,3,11H2,1-2H3,(H,20,23). The smallest absolute Gasteiger partial charge is 0.234 e. The van der Waals surface area contributed by atoms with Crippen LogP contribution in [0, 0.1) is 0 Å². The number of imidazole rings is 1. The highest BCUT2D eigenvalue weighted by atomic mass is 35.5. The van der Waals surface area contributed by atoms with Crippen molar-refractivity contribution in [3.05, 3.63) is 47.5 Å². The lowest BCUT2D eigenvalue weighted by Crippen LogP contribution is -2.15. The Morgan fingerprint density at radius 2 is 2.12 bits per heavy atom. The predicted octanol–water partition coefficient (Wildman–Crippen LogP) is 4.45. The van der Waals surface area contributed by atoms with Crippen LogP contribution in [0.1, 0.15) is 6.92 Å². The van der Waals surface area contributed by atoms with Crippen LogP contribution in [-0.4, -0.2) is 28.3 Å². The molecule has 5 nitrogen and oxygen atoms in total. The number of nitrogens with zero attached hydrogens (tertiary/aromatic N) is 2. The van der Waals surface area contributed by atoms with Crippen molar-refractivity contribution in [2.75, 3.05) is 18.2 Å². The lowest BCUT2D eigenvalue weighted by molar-refractivity contribution is -0.113. The fourth-order valence-corrected chi connectivity index (χ4v) is 3.61. The Kier molecular flexibility index (Phi) is 5.50. The number of rotatable bonds is 6. The molecule has 2 aromatic carbocycles. The first-order valence-corrected chi connectivity index (χ1v) is 9.20. The second-order valence-electron chi connectivity index (χ2n) is 5.31. The molecule has 0 aliphatic carbocycles. The van der Waals surface area contributed by atoms with Crippen molar-refractivity contribution in [2.45, 2.75) is 18.6 Å². The number of fused-ring (bicyclic) bond motifs is 1. The Labute approximate surface area is 155 Å². The maximum absolute atomic E-state index is 12.3. The van der Waals surface area contributed by atoms with Gasteiger partial charge < -0.3 is 14.6 Å². The fraction of sp³-hybridized carbons (Fsp3) is 0.222. The summed E-state index contributed by atoms with van der Waals surface area (Å²) in [6.45, 7) is 2.86. The number of hydrogen-bond donors (Lipinski definition) is 1.